The molecule has 2 saturated heterocycles. The average molecular weight is 581 g/mol. The van der Waals surface area contributed by atoms with E-state index in [1.54, 1.807) is 29.8 Å². The van der Waals surface area contributed by atoms with Crippen molar-refractivity contribution in [3.8, 4) is 6.07 Å². The Labute approximate surface area is 228 Å². The third-order valence-electron chi connectivity index (χ3n) is 8.22. The minimum absolute atomic E-state index is 0.0251. The van der Waals surface area contributed by atoms with Crippen molar-refractivity contribution in [3.63, 3.8) is 0 Å². The normalized spacial score (nSPS) is 28.5. The molecular weight excluding hydrogens is 550 g/mol. The molecule has 2 amide bonds. The lowest BCUT2D eigenvalue weighted by Crippen LogP contribution is -2.64. The van der Waals surface area contributed by atoms with Gasteiger partial charge in [0.25, 0.3) is 0 Å². The van der Waals surface area contributed by atoms with Crippen molar-refractivity contribution in [2.45, 2.75) is 73.7 Å². The SMILES string of the molecule is Cc1cc([N+]2(C(=O)NC3(C#N)CC3)CC(S(=O)(=O)c3ccccc3Cl)C[C@H]2C)n(C2CCS(=O)(=O)CC2)n1. The molecule has 204 valence electrons. The summed E-state index contributed by atoms with van der Waals surface area (Å²) in [5, 5.41) is 16.5. The van der Waals surface area contributed by atoms with Crippen molar-refractivity contribution in [1.29, 1.82) is 5.26 Å². The monoisotopic (exact) mass is 580 g/mol. The first-order valence-corrected chi connectivity index (χ1v) is 16.5. The van der Waals surface area contributed by atoms with Crippen molar-refractivity contribution in [2.24, 2.45) is 0 Å². The fourth-order valence-corrected chi connectivity index (χ4v) is 9.66. The van der Waals surface area contributed by atoms with Crippen molar-refractivity contribution < 1.29 is 21.6 Å². The standard InChI is InChI=1S/C25H30ClN5O5S2/c1-17-13-23(30(29-17)19-7-11-37(33,34)12-8-19)31(24(32)28-25(16-27)9-10-25)15-20(14-18(31)2)38(35,36)22-6-4-3-5-21(22)26/h3-6,13,18-20H,7-12,14-15H2,1-2H3/p+1/t18-,20?,31?/m1/s1. The van der Waals surface area contributed by atoms with Gasteiger partial charge in [0, 0.05) is 12.5 Å². The molecule has 5 rings (SSSR count). The molecule has 0 radical (unpaired) electrons. The van der Waals surface area contributed by atoms with Crippen molar-refractivity contribution in [2.75, 3.05) is 18.1 Å². The van der Waals surface area contributed by atoms with E-state index in [2.05, 4.69) is 16.5 Å². The predicted molar refractivity (Wildman–Crippen MR) is 143 cm³/mol. The van der Waals surface area contributed by atoms with Gasteiger partial charge in [0.2, 0.25) is 5.82 Å². The molecule has 1 saturated carbocycles. The number of nitriles is 1. The van der Waals surface area contributed by atoms with E-state index in [-0.39, 0.29) is 44.9 Å². The summed E-state index contributed by atoms with van der Waals surface area (Å²) in [6, 6.07) is 9.10. The summed E-state index contributed by atoms with van der Waals surface area (Å²) < 4.78 is 53.2. The van der Waals surface area contributed by atoms with Crippen LogP contribution in [-0.4, -0.2) is 67.5 Å². The lowest BCUT2D eigenvalue weighted by molar-refractivity contribution is 0.187. The molecule has 0 spiro atoms. The van der Waals surface area contributed by atoms with E-state index in [1.165, 1.54) is 12.1 Å². The number of urea groups is 1. The van der Waals surface area contributed by atoms with Crippen molar-refractivity contribution in [3.05, 3.63) is 41.0 Å². The number of quaternary nitrogens is 1. The third-order valence-corrected chi connectivity index (χ3v) is 12.6. The van der Waals surface area contributed by atoms with E-state index >= 15 is 0 Å². The highest BCUT2D eigenvalue weighted by Gasteiger charge is 2.60. The van der Waals surface area contributed by atoms with Crippen LogP contribution >= 0.6 is 11.6 Å². The fourth-order valence-electron chi connectivity index (χ4n) is 5.81. The molecule has 3 atom stereocenters. The number of hydrogen-bond donors (Lipinski definition) is 1. The molecule has 1 aliphatic carbocycles. The Hall–Kier alpha value is -2.46. The highest BCUT2D eigenvalue weighted by molar-refractivity contribution is 7.92. The molecule has 2 unspecified atom stereocenters. The van der Waals surface area contributed by atoms with Gasteiger partial charge in [0.05, 0.1) is 39.2 Å². The molecule has 3 fully saturated rings. The van der Waals surface area contributed by atoms with Crippen LogP contribution in [0.5, 0.6) is 0 Å². The number of nitrogens with one attached hydrogen (secondary N) is 1. The molecule has 38 heavy (non-hydrogen) atoms. The first-order valence-electron chi connectivity index (χ1n) is 12.7. The second-order valence-corrected chi connectivity index (χ2v) is 15.7. The molecule has 3 aliphatic rings. The van der Waals surface area contributed by atoms with E-state index in [0.717, 1.165) is 0 Å². The number of rotatable bonds is 5. The Kier molecular flexibility index (Phi) is 6.66. The fraction of sp³-hybridized carbons (Fsp3) is 0.560. The highest BCUT2D eigenvalue weighted by atomic mass is 35.5. The minimum Gasteiger partial charge on any atom is -0.287 e. The number of benzene rings is 1. The summed E-state index contributed by atoms with van der Waals surface area (Å²) in [5.74, 6) is 0.569. The van der Waals surface area contributed by atoms with Crippen molar-refractivity contribution in [1.82, 2.24) is 19.6 Å². The van der Waals surface area contributed by atoms with Crippen LogP contribution in [0.25, 0.3) is 0 Å². The zero-order valence-electron chi connectivity index (χ0n) is 21.3. The number of aryl methyl sites for hydroxylation is 1. The number of sulfone groups is 2. The summed E-state index contributed by atoms with van der Waals surface area (Å²) in [5.41, 5.74) is -0.314. The zero-order valence-corrected chi connectivity index (χ0v) is 23.7. The molecule has 1 aromatic carbocycles. The largest absolute Gasteiger partial charge is 0.424 e. The van der Waals surface area contributed by atoms with Crippen LogP contribution in [0.1, 0.15) is 50.8 Å². The zero-order chi connectivity index (χ0) is 27.5. The molecule has 10 nitrogen and oxygen atoms in total. The van der Waals surface area contributed by atoms with Crippen LogP contribution in [0.3, 0.4) is 0 Å². The highest BCUT2D eigenvalue weighted by Crippen LogP contribution is 2.44. The Morgan fingerprint density at radius 1 is 1.26 bits per heavy atom. The predicted octanol–water partition coefficient (Wildman–Crippen LogP) is 3.30. The van der Waals surface area contributed by atoms with Gasteiger partial charge in [-0.2, -0.15) is 14.8 Å². The van der Waals surface area contributed by atoms with Gasteiger partial charge in [-0.05, 0) is 51.7 Å². The summed E-state index contributed by atoms with van der Waals surface area (Å²) in [7, 11) is -7.02. The number of carbonyl (C=O) groups is 1. The van der Waals surface area contributed by atoms with E-state index in [0.29, 0.717) is 37.2 Å². The molecule has 1 aromatic heterocycles. The summed E-state index contributed by atoms with van der Waals surface area (Å²) in [6.45, 7) is 3.58. The average Bonchev–Trinajstić information content (AvgIpc) is 3.38. The first-order chi connectivity index (χ1) is 17.8. The number of halogens is 1. The first kappa shape index (κ1) is 27.1. The lowest BCUT2D eigenvalue weighted by Gasteiger charge is -2.37. The van der Waals surface area contributed by atoms with Crippen LogP contribution in [0.4, 0.5) is 10.6 Å². The van der Waals surface area contributed by atoms with Crippen molar-refractivity contribution >= 4 is 43.1 Å². The summed E-state index contributed by atoms with van der Waals surface area (Å²) in [4.78, 5) is 14.2. The number of nitrogens with zero attached hydrogens (tertiary/aromatic N) is 4. The molecule has 2 aromatic rings. The maximum Gasteiger partial charge on any atom is 0.424 e. The van der Waals surface area contributed by atoms with Gasteiger partial charge in [0.15, 0.2) is 9.84 Å². The van der Waals surface area contributed by atoms with Gasteiger partial charge in [-0.1, -0.05) is 23.7 Å². The topological polar surface area (TPSA) is 139 Å². The molecule has 0 bridgehead atoms. The Morgan fingerprint density at radius 3 is 2.53 bits per heavy atom. The second-order valence-electron chi connectivity index (χ2n) is 10.8. The number of aromatic nitrogens is 2. The Morgan fingerprint density at radius 2 is 1.92 bits per heavy atom. The van der Waals surface area contributed by atoms with Gasteiger partial charge in [-0.25, -0.2) is 26.3 Å². The van der Waals surface area contributed by atoms with Crippen LogP contribution in [-0.2, 0) is 19.7 Å². The van der Waals surface area contributed by atoms with Gasteiger partial charge < -0.3 is 0 Å². The molecular formula is C25H31ClN5O5S2+. The van der Waals surface area contributed by atoms with Crippen LogP contribution < -0.4 is 9.80 Å². The molecule has 13 heteroatoms. The number of carbonyl (C=O) groups excluding carboxylic acids is 1. The van der Waals surface area contributed by atoms with E-state index < -0.39 is 42.5 Å². The van der Waals surface area contributed by atoms with Crippen LogP contribution in [0, 0.1) is 18.3 Å². The number of hydrogen-bond acceptors (Lipinski definition) is 7. The molecule has 3 heterocycles. The van der Waals surface area contributed by atoms with E-state index in [1.807, 2.05) is 6.92 Å². The molecule has 1 N–H and O–H groups in total. The van der Waals surface area contributed by atoms with Gasteiger partial charge >= 0.3 is 6.03 Å². The number of likely N-dealkylation sites (tertiary alicyclic amines) is 1. The summed E-state index contributed by atoms with van der Waals surface area (Å²) >= 11 is 6.28. The number of amides is 2. The second kappa shape index (κ2) is 9.33. The third kappa shape index (κ3) is 4.53. The van der Waals surface area contributed by atoms with Gasteiger partial charge in [0.1, 0.15) is 33.2 Å². The summed E-state index contributed by atoms with van der Waals surface area (Å²) in [6.07, 6.45) is 1.98. The maximum absolute atomic E-state index is 14.2. The molecule has 2 aliphatic heterocycles. The maximum atomic E-state index is 14.2. The smallest absolute Gasteiger partial charge is 0.287 e. The lowest BCUT2D eigenvalue weighted by atomic mass is 10.1. The van der Waals surface area contributed by atoms with Crippen LogP contribution in [0.2, 0.25) is 5.02 Å². The minimum atomic E-state index is -3.90. The van der Waals surface area contributed by atoms with Gasteiger partial charge in [-0.15, -0.1) is 0 Å². The van der Waals surface area contributed by atoms with E-state index in [9.17, 15) is 26.9 Å². The van der Waals surface area contributed by atoms with E-state index in [4.69, 9.17) is 11.6 Å². The van der Waals surface area contributed by atoms with Crippen LogP contribution in [0.15, 0.2) is 35.2 Å². The Bertz CT molecular complexity index is 1530. The Balaban J connectivity index is 1.60. The van der Waals surface area contributed by atoms with Gasteiger partial charge in [-0.3, -0.25) is 5.32 Å². The quantitative estimate of drug-likeness (QED) is 0.535.